The number of hydrogen-bond donors (Lipinski definition) is 1. The van der Waals surface area contributed by atoms with Gasteiger partial charge in [0, 0.05) is 24.8 Å². The molecule has 0 radical (unpaired) electrons. The molecule has 94 valence electrons. The summed E-state index contributed by atoms with van der Waals surface area (Å²) in [5.41, 5.74) is 7.99. The van der Waals surface area contributed by atoms with E-state index in [-0.39, 0.29) is 5.82 Å². The maximum Gasteiger partial charge on any atom is 0.127 e. The molecule has 0 unspecified atom stereocenters. The van der Waals surface area contributed by atoms with Crippen molar-refractivity contribution in [3.63, 3.8) is 0 Å². The third kappa shape index (κ3) is 3.05. The van der Waals surface area contributed by atoms with Gasteiger partial charge in [0.1, 0.15) is 5.82 Å². The number of anilines is 1. The van der Waals surface area contributed by atoms with Crippen molar-refractivity contribution in [1.29, 1.82) is 0 Å². The minimum Gasteiger partial charge on any atom is -0.397 e. The van der Waals surface area contributed by atoms with Gasteiger partial charge in [0.05, 0.1) is 11.4 Å². The topological polar surface area (TPSA) is 42.2 Å². The van der Waals surface area contributed by atoms with E-state index in [1.807, 2.05) is 24.1 Å². The van der Waals surface area contributed by atoms with Gasteiger partial charge in [-0.1, -0.05) is 18.2 Å². The number of pyridine rings is 1. The Balaban J connectivity index is 2.04. The molecule has 2 aromatic rings. The number of halogens is 1. The highest BCUT2D eigenvalue weighted by Crippen LogP contribution is 2.13. The van der Waals surface area contributed by atoms with E-state index in [1.54, 1.807) is 24.4 Å². The maximum absolute atomic E-state index is 13.5. The van der Waals surface area contributed by atoms with Crippen LogP contribution in [0.15, 0.2) is 42.6 Å². The van der Waals surface area contributed by atoms with Crippen LogP contribution < -0.4 is 5.73 Å². The average molecular weight is 245 g/mol. The smallest absolute Gasteiger partial charge is 0.127 e. The molecule has 1 aromatic carbocycles. The zero-order chi connectivity index (χ0) is 13.0. The highest BCUT2D eigenvalue weighted by Gasteiger charge is 2.07. The second-order valence-corrected chi connectivity index (χ2v) is 4.30. The van der Waals surface area contributed by atoms with Crippen LogP contribution in [0.4, 0.5) is 10.1 Å². The summed E-state index contributed by atoms with van der Waals surface area (Å²) in [6.45, 7) is 1.13. The van der Waals surface area contributed by atoms with Crippen LogP contribution in [0.25, 0.3) is 0 Å². The molecule has 0 aliphatic rings. The molecule has 1 heterocycles. The van der Waals surface area contributed by atoms with Gasteiger partial charge in [-0.25, -0.2) is 4.39 Å². The van der Waals surface area contributed by atoms with Gasteiger partial charge in [-0.2, -0.15) is 0 Å². The normalized spacial score (nSPS) is 10.8. The number of nitrogens with two attached hydrogens (primary N) is 1. The molecule has 0 bridgehead atoms. The number of rotatable bonds is 4. The van der Waals surface area contributed by atoms with Gasteiger partial charge < -0.3 is 5.73 Å². The summed E-state index contributed by atoms with van der Waals surface area (Å²) in [6, 6.07) is 10.4. The van der Waals surface area contributed by atoms with Gasteiger partial charge in [-0.05, 0) is 25.2 Å². The summed E-state index contributed by atoms with van der Waals surface area (Å²) in [5.74, 6) is -0.182. The fourth-order valence-electron chi connectivity index (χ4n) is 1.81. The van der Waals surface area contributed by atoms with Crippen molar-refractivity contribution < 1.29 is 4.39 Å². The van der Waals surface area contributed by atoms with Gasteiger partial charge in [0.15, 0.2) is 0 Å². The first-order valence-corrected chi connectivity index (χ1v) is 5.78. The lowest BCUT2D eigenvalue weighted by atomic mass is 10.2. The van der Waals surface area contributed by atoms with Crippen LogP contribution in [0, 0.1) is 5.82 Å². The zero-order valence-electron chi connectivity index (χ0n) is 10.3. The van der Waals surface area contributed by atoms with Gasteiger partial charge in [-0.3, -0.25) is 9.88 Å². The summed E-state index contributed by atoms with van der Waals surface area (Å²) in [5, 5.41) is 0. The lowest BCUT2D eigenvalue weighted by Crippen LogP contribution is -2.19. The Kier molecular flexibility index (Phi) is 3.89. The van der Waals surface area contributed by atoms with E-state index in [4.69, 9.17) is 5.73 Å². The Hall–Kier alpha value is -1.94. The fraction of sp³-hybridized carbons (Fsp3) is 0.214. The molecule has 2 rings (SSSR count). The Labute approximate surface area is 106 Å². The van der Waals surface area contributed by atoms with E-state index < -0.39 is 0 Å². The minimum absolute atomic E-state index is 0.182. The molecule has 0 atom stereocenters. The van der Waals surface area contributed by atoms with Crippen LogP contribution in [-0.2, 0) is 13.1 Å². The van der Waals surface area contributed by atoms with Gasteiger partial charge in [0.2, 0.25) is 0 Å². The maximum atomic E-state index is 13.5. The van der Waals surface area contributed by atoms with E-state index in [2.05, 4.69) is 4.98 Å². The lowest BCUT2D eigenvalue weighted by molar-refractivity contribution is 0.310. The third-order valence-corrected chi connectivity index (χ3v) is 2.74. The van der Waals surface area contributed by atoms with Gasteiger partial charge >= 0.3 is 0 Å². The lowest BCUT2D eigenvalue weighted by Gasteiger charge is -2.17. The molecule has 0 aliphatic heterocycles. The van der Waals surface area contributed by atoms with E-state index in [0.29, 0.717) is 24.3 Å². The molecule has 4 heteroatoms. The first kappa shape index (κ1) is 12.5. The van der Waals surface area contributed by atoms with E-state index in [9.17, 15) is 4.39 Å². The first-order valence-electron chi connectivity index (χ1n) is 5.78. The molecule has 0 spiro atoms. The number of nitrogen functional groups attached to an aromatic ring is 1. The molecule has 0 fully saturated rings. The SMILES string of the molecule is CN(Cc1ccccc1F)Cc1ncccc1N. The summed E-state index contributed by atoms with van der Waals surface area (Å²) >= 11 is 0. The predicted molar refractivity (Wildman–Crippen MR) is 70.2 cm³/mol. The number of hydrogen-bond acceptors (Lipinski definition) is 3. The van der Waals surface area contributed by atoms with Gasteiger partial charge in [-0.15, -0.1) is 0 Å². The summed E-state index contributed by atoms with van der Waals surface area (Å²) < 4.78 is 13.5. The Morgan fingerprint density at radius 2 is 1.94 bits per heavy atom. The van der Waals surface area contributed by atoms with Gasteiger partial charge in [0.25, 0.3) is 0 Å². The van der Waals surface area contributed by atoms with Crippen LogP contribution in [0.1, 0.15) is 11.3 Å². The minimum atomic E-state index is -0.182. The molecule has 0 aliphatic carbocycles. The summed E-state index contributed by atoms with van der Waals surface area (Å²) in [7, 11) is 1.92. The highest BCUT2D eigenvalue weighted by atomic mass is 19.1. The first-order chi connectivity index (χ1) is 8.66. The molecular weight excluding hydrogens is 229 g/mol. The zero-order valence-corrected chi connectivity index (χ0v) is 10.3. The quantitative estimate of drug-likeness (QED) is 0.899. The molecule has 1 aromatic heterocycles. The summed E-state index contributed by atoms with van der Waals surface area (Å²) in [6.07, 6.45) is 1.71. The van der Waals surface area contributed by atoms with Crippen LogP contribution >= 0.6 is 0 Å². The average Bonchev–Trinajstić information content (AvgIpc) is 2.35. The molecule has 3 nitrogen and oxygen atoms in total. The van der Waals surface area contributed by atoms with Crippen molar-refractivity contribution in [3.05, 3.63) is 59.7 Å². The largest absolute Gasteiger partial charge is 0.397 e. The molecule has 0 amide bonds. The Bertz CT molecular complexity index is 480. The number of nitrogens with zero attached hydrogens (tertiary/aromatic N) is 2. The summed E-state index contributed by atoms with van der Waals surface area (Å²) in [4.78, 5) is 6.21. The van der Waals surface area contributed by atoms with Crippen molar-refractivity contribution in [2.75, 3.05) is 12.8 Å². The molecule has 18 heavy (non-hydrogen) atoms. The van der Waals surface area contributed by atoms with E-state index >= 15 is 0 Å². The second kappa shape index (κ2) is 5.60. The Morgan fingerprint density at radius 3 is 2.67 bits per heavy atom. The van der Waals surface area contributed by atoms with E-state index in [1.165, 1.54) is 6.07 Å². The standard InChI is InChI=1S/C14H16FN3/c1-18(9-11-5-2-3-6-12(11)15)10-14-13(16)7-4-8-17-14/h2-8H,9-10,16H2,1H3. The predicted octanol–water partition coefficient (Wildman–Crippen LogP) is 2.43. The number of aromatic nitrogens is 1. The van der Waals surface area contributed by atoms with Crippen molar-refractivity contribution in [2.45, 2.75) is 13.1 Å². The fourth-order valence-corrected chi connectivity index (χ4v) is 1.81. The van der Waals surface area contributed by atoms with Crippen molar-refractivity contribution in [1.82, 2.24) is 9.88 Å². The van der Waals surface area contributed by atoms with Crippen LogP contribution in [0.3, 0.4) is 0 Å². The second-order valence-electron chi connectivity index (χ2n) is 4.30. The number of benzene rings is 1. The van der Waals surface area contributed by atoms with E-state index in [0.717, 1.165) is 5.69 Å². The monoisotopic (exact) mass is 245 g/mol. The van der Waals surface area contributed by atoms with Crippen LogP contribution in [0.2, 0.25) is 0 Å². The highest BCUT2D eigenvalue weighted by molar-refractivity contribution is 5.41. The third-order valence-electron chi connectivity index (χ3n) is 2.74. The molecule has 0 saturated carbocycles. The molecule has 0 saturated heterocycles. The van der Waals surface area contributed by atoms with Crippen LogP contribution in [-0.4, -0.2) is 16.9 Å². The van der Waals surface area contributed by atoms with Crippen LogP contribution in [0.5, 0.6) is 0 Å². The Morgan fingerprint density at radius 1 is 1.17 bits per heavy atom. The van der Waals surface area contributed by atoms with Crippen molar-refractivity contribution in [2.24, 2.45) is 0 Å². The molecule has 2 N–H and O–H groups in total. The van der Waals surface area contributed by atoms with Crippen molar-refractivity contribution in [3.8, 4) is 0 Å². The molecular formula is C14H16FN3. The van der Waals surface area contributed by atoms with Crippen molar-refractivity contribution >= 4 is 5.69 Å².